The van der Waals surface area contributed by atoms with Crippen LogP contribution in [0.3, 0.4) is 0 Å². The molecule has 0 saturated heterocycles. The number of esters is 1. The van der Waals surface area contributed by atoms with Crippen LogP contribution in [0.5, 0.6) is 0 Å². The molecule has 1 amide bonds. The van der Waals surface area contributed by atoms with E-state index in [1.807, 2.05) is 0 Å². The van der Waals surface area contributed by atoms with Gasteiger partial charge < -0.3 is 20.1 Å². The van der Waals surface area contributed by atoms with E-state index >= 15 is 0 Å². The molecule has 1 aromatic rings. The first-order valence-electron chi connectivity index (χ1n) is 6.02. The van der Waals surface area contributed by atoms with E-state index in [0.717, 1.165) is 0 Å². The highest BCUT2D eigenvalue weighted by Crippen LogP contribution is 2.33. The van der Waals surface area contributed by atoms with Crippen LogP contribution >= 0.6 is 0 Å². The van der Waals surface area contributed by atoms with Crippen molar-refractivity contribution in [1.82, 2.24) is 0 Å². The maximum atomic E-state index is 13.9. The molecule has 1 aromatic carbocycles. The number of nitrogens with zero attached hydrogens (tertiary/aromatic N) is 1. The van der Waals surface area contributed by atoms with Gasteiger partial charge in [0.15, 0.2) is 6.10 Å². The standard InChI is InChI=1S/C13H15FN2O4/c1-16-11(18)4-7-3-8(5-9(14)12(7)16)15-6-10(17)13(19)20-2/h3,5,10,15,17H,4,6H2,1-2H3. The minimum absolute atomic E-state index is 0.102. The maximum Gasteiger partial charge on any atom is 0.336 e. The molecule has 0 saturated carbocycles. The summed E-state index contributed by atoms with van der Waals surface area (Å²) in [5, 5.41) is 12.2. The van der Waals surface area contributed by atoms with Gasteiger partial charge in [-0.2, -0.15) is 0 Å². The fourth-order valence-corrected chi connectivity index (χ4v) is 2.11. The Morgan fingerprint density at radius 1 is 1.60 bits per heavy atom. The number of benzene rings is 1. The predicted molar refractivity (Wildman–Crippen MR) is 70.0 cm³/mol. The second-order valence-corrected chi connectivity index (χ2v) is 4.52. The van der Waals surface area contributed by atoms with Gasteiger partial charge >= 0.3 is 5.97 Å². The number of likely N-dealkylation sites (N-methyl/N-ethyl adjacent to an activating group) is 1. The van der Waals surface area contributed by atoms with E-state index in [9.17, 15) is 19.1 Å². The summed E-state index contributed by atoms with van der Waals surface area (Å²) in [7, 11) is 2.69. The van der Waals surface area contributed by atoms with Crippen molar-refractivity contribution in [3.05, 3.63) is 23.5 Å². The molecular weight excluding hydrogens is 267 g/mol. The van der Waals surface area contributed by atoms with E-state index in [1.165, 1.54) is 25.1 Å². The van der Waals surface area contributed by atoms with Crippen LogP contribution < -0.4 is 10.2 Å². The normalized spacial score (nSPS) is 15.0. The number of aliphatic hydroxyl groups is 1. The third kappa shape index (κ3) is 2.57. The lowest BCUT2D eigenvalue weighted by Gasteiger charge is -2.14. The molecule has 1 aliphatic heterocycles. The zero-order valence-electron chi connectivity index (χ0n) is 11.1. The van der Waals surface area contributed by atoms with Gasteiger partial charge in [0.2, 0.25) is 5.91 Å². The number of nitrogens with one attached hydrogen (secondary N) is 1. The molecule has 0 aliphatic carbocycles. The quantitative estimate of drug-likeness (QED) is 0.776. The summed E-state index contributed by atoms with van der Waals surface area (Å²) in [6.07, 6.45) is -1.20. The van der Waals surface area contributed by atoms with E-state index in [1.54, 1.807) is 6.07 Å². The van der Waals surface area contributed by atoms with Gasteiger partial charge in [-0.3, -0.25) is 4.79 Å². The molecular formula is C13H15FN2O4. The van der Waals surface area contributed by atoms with Gasteiger partial charge in [0.1, 0.15) is 5.82 Å². The molecule has 0 spiro atoms. The van der Waals surface area contributed by atoms with Crippen molar-refractivity contribution in [2.24, 2.45) is 0 Å². The molecule has 1 atom stereocenters. The van der Waals surface area contributed by atoms with Crippen molar-refractivity contribution in [3.63, 3.8) is 0 Å². The Bertz CT molecular complexity index is 562. The number of ether oxygens (including phenoxy) is 1. The van der Waals surface area contributed by atoms with Crippen LogP contribution in [0.2, 0.25) is 0 Å². The molecule has 2 N–H and O–H groups in total. The smallest absolute Gasteiger partial charge is 0.336 e. The van der Waals surface area contributed by atoms with E-state index in [2.05, 4.69) is 10.1 Å². The van der Waals surface area contributed by atoms with Crippen molar-refractivity contribution >= 4 is 23.3 Å². The van der Waals surface area contributed by atoms with E-state index in [4.69, 9.17) is 0 Å². The van der Waals surface area contributed by atoms with Gasteiger partial charge in [-0.25, -0.2) is 9.18 Å². The first kappa shape index (κ1) is 14.3. The molecule has 2 rings (SSSR count). The predicted octanol–water partition coefficient (Wildman–Crippen LogP) is 0.290. The Morgan fingerprint density at radius 3 is 2.95 bits per heavy atom. The summed E-state index contributed by atoms with van der Waals surface area (Å²) >= 11 is 0. The zero-order valence-corrected chi connectivity index (χ0v) is 11.1. The molecule has 1 heterocycles. The minimum atomic E-state index is -1.33. The number of hydrogen-bond acceptors (Lipinski definition) is 5. The largest absolute Gasteiger partial charge is 0.467 e. The monoisotopic (exact) mass is 282 g/mol. The molecule has 6 nitrogen and oxygen atoms in total. The lowest BCUT2D eigenvalue weighted by Crippen LogP contribution is -2.29. The van der Waals surface area contributed by atoms with Crippen molar-refractivity contribution in [1.29, 1.82) is 0 Å². The highest BCUT2D eigenvalue weighted by molar-refractivity contribution is 6.01. The van der Waals surface area contributed by atoms with Crippen LogP contribution in [-0.4, -0.2) is 43.8 Å². The highest BCUT2D eigenvalue weighted by atomic mass is 19.1. The molecule has 20 heavy (non-hydrogen) atoms. The summed E-state index contributed by atoms with van der Waals surface area (Å²) in [6, 6.07) is 2.85. The fraction of sp³-hybridized carbons (Fsp3) is 0.385. The Balaban J connectivity index is 2.12. The molecule has 108 valence electrons. The number of carbonyl (C=O) groups is 2. The molecule has 0 fully saturated rings. The third-order valence-electron chi connectivity index (χ3n) is 3.17. The Morgan fingerprint density at radius 2 is 2.30 bits per heavy atom. The molecule has 0 radical (unpaired) electrons. The SMILES string of the molecule is COC(=O)C(O)CNc1cc(F)c2c(c1)CC(=O)N2C. The summed E-state index contributed by atoms with van der Waals surface area (Å²) in [6.45, 7) is -0.102. The fourth-order valence-electron chi connectivity index (χ4n) is 2.11. The molecule has 7 heteroatoms. The Labute approximate surface area is 115 Å². The average Bonchev–Trinajstić information content (AvgIpc) is 2.70. The van der Waals surface area contributed by atoms with E-state index in [-0.39, 0.29) is 24.6 Å². The van der Waals surface area contributed by atoms with Crippen LogP contribution in [0.15, 0.2) is 12.1 Å². The number of methoxy groups -OCH3 is 1. The van der Waals surface area contributed by atoms with Gasteiger partial charge in [-0.15, -0.1) is 0 Å². The maximum absolute atomic E-state index is 13.9. The third-order valence-corrected chi connectivity index (χ3v) is 3.17. The van der Waals surface area contributed by atoms with Crippen molar-refractivity contribution in [2.75, 3.05) is 30.9 Å². The number of anilines is 2. The van der Waals surface area contributed by atoms with Crippen LogP contribution in [-0.2, 0) is 20.7 Å². The highest BCUT2D eigenvalue weighted by Gasteiger charge is 2.28. The van der Waals surface area contributed by atoms with Crippen molar-refractivity contribution in [2.45, 2.75) is 12.5 Å². The molecule has 1 unspecified atom stereocenters. The van der Waals surface area contributed by atoms with Crippen LogP contribution in [0.25, 0.3) is 0 Å². The van der Waals surface area contributed by atoms with Gasteiger partial charge in [0.05, 0.1) is 25.8 Å². The number of halogens is 1. The number of rotatable bonds is 4. The minimum Gasteiger partial charge on any atom is -0.467 e. The number of hydrogen-bond donors (Lipinski definition) is 2. The summed E-state index contributed by atoms with van der Waals surface area (Å²) in [5.74, 6) is -1.47. The van der Waals surface area contributed by atoms with Crippen LogP contribution in [0.1, 0.15) is 5.56 Å². The van der Waals surface area contributed by atoms with Crippen molar-refractivity contribution < 1.29 is 23.8 Å². The number of aliphatic hydroxyl groups excluding tert-OH is 1. The van der Waals surface area contributed by atoms with Gasteiger partial charge in [-0.1, -0.05) is 0 Å². The van der Waals surface area contributed by atoms with E-state index < -0.39 is 17.9 Å². The average molecular weight is 282 g/mol. The Kier molecular flexibility index (Phi) is 3.89. The second-order valence-electron chi connectivity index (χ2n) is 4.52. The number of amides is 1. The molecule has 0 aromatic heterocycles. The summed E-state index contributed by atoms with van der Waals surface area (Å²) < 4.78 is 18.3. The van der Waals surface area contributed by atoms with E-state index in [0.29, 0.717) is 11.3 Å². The zero-order chi connectivity index (χ0) is 14.9. The van der Waals surface area contributed by atoms with Crippen LogP contribution in [0, 0.1) is 5.82 Å². The first-order chi connectivity index (χ1) is 9.43. The summed E-state index contributed by atoms with van der Waals surface area (Å²) in [4.78, 5) is 23.8. The number of fused-ring (bicyclic) bond motifs is 1. The second kappa shape index (κ2) is 5.46. The molecule has 1 aliphatic rings. The van der Waals surface area contributed by atoms with Crippen LogP contribution in [0.4, 0.5) is 15.8 Å². The lowest BCUT2D eigenvalue weighted by atomic mass is 10.1. The summed E-state index contributed by atoms with van der Waals surface area (Å²) in [5.41, 5.74) is 1.24. The van der Waals surface area contributed by atoms with Crippen molar-refractivity contribution in [3.8, 4) is 0 Å². The molecule has 0 bridgehead atoms. The van der Waals surface area contributed by atoms with Gasteiger partial charge in [-0.05, 0) is 17.7 Å². The topological polar surface area (TPSA) is 78.9 Å². The Hall–Kier alpha value is -2.15. The lowest BCUT2D eigenvalue weighted by molar-refractivity contribution is -0.149. The van der Waals surface area contributed by atoms with Gasteiger partial charge in [0, 0.05) is 12.7 Å². The number of carbonyl (C=O) groups excluding carboxylic acids is 2. The van der Waals surface area contributed by atoms with Gasteiger partial charge in [0.25, 0.3) is 0 Å². The first-order valence-corrected chi connectivity index (χ1v) is 6.02.